The molecule has 0 saturated heterocycles. The standard InChI is InChI=1S/C7H16O.C3H9N/c1-2-3-4-5-6-7-8;1-4(2)3/h8H,2-7H2,1H3;1-3H3. The first-order valence-corrected chi connectivity index (χ1v) is 4.86. The Hall–Kier alpha value is -0.0800. The smallest absolute Gasteiger partial charge is 0.0431 e. The van der Waals surface area contributed by atoms with Gasteiger partial charge in [0.05, 0.1) is 0 Å². The Morgan fingerprint density at radius 3 is 1.67 bits per heavy atom. The van der Waals surface area contributed by atoms with Gasteiger partial charge in [-0.2, -0.15) is 0 Å². The summed E-state index contributed by atoms with van der Waals surface area (Å²) in [4.78, 5) is 2.00. The van der Waals surface area contributed by atoms with Gasteiger partial charge >= 0.3 is 0 Å². The second-order valence-electron chi connectivity index (χ2n) is 3.48. The maximum atomic E-state index is 8.37. The van der Waals surface area contributed by atoms with Gasteiger partial charge in [-0.15, -0.1) is 0 Å². The molecule has 0 aliphatic heterocycles. The van der Waals surface area contributed by atoms with Crippen LogP contribution in [0.25, 0.3) is 0 Å². The summed E-state index contributed by atoms with van der Waals surface area (Å²) in [5.41, 5.74) is 0. The van der Waals surface area contributed by atoms with Gasteiger partial charge in [0.2, 0.25) is 0 Å². The van der Waals surface area contributed by atoms with Crippen molar-refractivity contribution in [1.82, 2.24) is 4.90 Å². The van der Waals surface area contributed by atoms with E-state index in [0.717, 1.165) is 6.42 Å². The molecule has 0 aliphatic rings. The molecule has 0 bridgehead atoms. The number of unbranched alkanes of at least 4 members (excludes halogenated alkanes) is 4. The van der Waals surface area contributed by atoms with E-state index in [0.29, 0.717) is 6.61 Å². The molecule has 0 saturated carbocycles. The van der Waals surface area contributed by atoms with Crippen LogP contribution in [0.3, 0.4) is 0 Å². The van der Waals surface area contributed by atoms with Crippen LogP contribution in [0.15, 0.2) is 0 Å². The zero-order valence-electron chi connectivity index (χ0n) is 9.14. The normalized spacial score (nSPS) is 9.50. The van der Waals surface area contributed by atoms with Crippen LogP contribution in [0, 0.1) is 0 Å². The molecule has 0 aromatic carbocycles. The molecule has 0 rings (SSSR count). The van der Waals surface area contributed by atoms with Crippen LogP contribution in [-0.4, -0.2) is 37.8 Å². The van der Waals surface area contributed by atoms with Gasteiger partial charge in [-0.1, -0.05) is 32.6 Å². The maximum Gasteiger partial charge on any atom is 0.0431 e. The van der Waals surface area contributed by atoms with E-state index >= 15 is 0 Å². The molecule has 2 heteroatoms. The number of aliphatic hydroxyl groups excluding tert-OH is 1. The Labute approximate surface area is 77.6 Å². The number of hydrogen-bond acceptors (Lipinski definition) is 2. The van der Waals surface area contributed by atoms with Crippen molar-refractivity contribution in [3.05, 3.63) is 0 Å². The molecule has 0 aliphatic carbocycles. The summed E-state index contributed by atoms with van der Waals surface area (Å²) in [6.45, 7) is 2.56. The van der Waals surface area contributed by atoms with Gasteiger partial charge in [-0.05, 0) is 27.6 Å². The van der Waals surface area contributed by atoms with Crippen molar-refractivity contribution in [2.75, 3.05) is 27.7 Å². The summed E-state index contributed by atoms with van der Waals surface area (Å²) in [7, 11) is 6.00. The molecule has 1 N–H and O–H groups in total. The maximum absolute atomic E-state index is 8.37. The largest absolute Gasteiger partial charge is 0.396 e. The SMILES string of the molecule is CCCCCCCO.CN(C)C. The van der Waals surface area contributed by atoms with Crippen LogP contribution >= 0.6 is 0 Å². The third-order valence-corrected chi connectivity index (χ3v) is 1.26. The molecule has 0 atom stereocenters. The first-order chi connectivity index (χ1) is 5.65. The number of nitrogens with zero attached hydrogens (tertiary/aromatic N) is 1. The van der Waals surface area contributed by atoms with E-state index in [-0.39, 0.29) is 0 Å². The molecule has 0 radical (unpaired) electrons. The average molecular weight is 175 g/mol. The van der Waals surface area contributed by atoms with Crippen molar-refractivity contribution in [3.8, 4) is 0 Å². The Morgan fingerprint density at radius 2 is 1.33 bits per heavy atom. The van der Waals surface area contributed by atoms with E-state index in [9.17, 15) is 0 Å². The zero-order valence-corrected chi connectivity index (χ0v) is 9.14. The quantitative estimate of drug-likeness (QED) is 0.647. The van der Waals surface area contributed by atoms with E-state index < -0.39 is 0 Å². The van der Waals surface area contributed by atoms with Crippen molar-refractivity contribution in [1.29, 1.82) is 0 Å². The van der Waals surface area contributed by atoms with E-state index in [2.05, 4.69) is 6.92 Å². The van der Waals surface area contributed by atoms with Crippen molar-refractivity contribution in [2.24, 2.45) is 0 Å². The Bertz CT molecular complexity index is 56.1. The van der Waals surface area contributed by atoms with Crippen LogP contribution < -0.4 is 0 Å². The van der Waals surface area contributed by atoms with Crippen LogP contribution in [0.4, 0.5) is 0 Å². The molecule has 0 fully saturated rings. The van der Waals surface area contributed by atoms with Gasteiger partial charge in [0.1, 0.15) is 0 Å². The van der Waals surface area contributed by atoms with Gasteiger partial charge in [0.15, 0.2) is 0 Å². The lowest BCUT2D eigenvalue weighted by Crippen LogP contribution is -1.99. The molecular formula is C10H25NO. The molecule has 0 unspecified atom stereocenters. The van der Waals surface area contributed by atoms with E-state index in [1.54, 1.807) is 0 Å². The molecular weight excluding hydrogens is 150 g/mol. The molecule has 0 aromatic rings. The Balaban J connectivity index is 0. The van der Waals surface area contributed by atoms with Crippen molar-refractivity contribution >= 4 is 0 Å². The third kappa shape index (κ3) is 32.6. The van der Waals surface area contributed by atoms with Gasteiger partial charge in [0.25, 0.3) is 0 Å². The lowest BCUT2D eigenvalue weighted by Gasteiger charge is -1.93. The van der Waals surface area contributed by atoms with Gasteiger partial charge in [0, 0.05) is 6.61 Å². The lowest BCUT2D eigenvalue weighted by molar-refractivity contribution is 0.282. The molecule has 0 aromatic heterocycles. The first kappa shape index (κ1) is 14.4. The summed E-state index contributed by atoms with van der Waals surface area (Å²) in [6.07, 6.45) is 6.08. The molecule has 0 amide bonds. The second kappa shape index (κ2) is 13.5. The van der Waals surface area contributed by atoms with E-state index in [1.165, 1.54) is 25.7 Å². The average Bonchev–Trinajstić information content (AvgIpc) is 1.97. The minimum absolute atomic E-state index is 0.365. The van der Waals surface area contributed by atoms with Gasteiger partial charge in [-0.3, -0.25) is 0 Å². The summed E-state index contributed by atoms with van der Waals surface area (Å²) < 4.78 is 0. The number of aliphatic hydroxyl groups is 1. The summed E-state index contributed by atoms with van der Waals surface area (Å²) in [6, 6.07) is 0. The predicted molar refractivity (Wildman–Crippen MR) is 55.5 cm³/mol. The topological polar surface area (TPSA) is 23.5 Å². The highest BCUT2D eigenvalue weighted by Gasteiger charge is 1.84. The molecule has 76 valence electrons. The molecule has 2 nitrogen and oxygen atoms in total. The Morgan fingerprint density at radius 1 is 0.917 bits per heavy atom. The van der Waals surface area contributed by atoms with Crippen molar-refractivity contribution in [3.63, 3.8) is 0 Å². The molecule has 12 heavy (non-hydrogen) atoms. The number of rotatable bonds is 5. The highest BCUT2D eigenvalue weighted by atomic mass is 16.2. The van der Waals surface area contributed by atoms with Crippen molar-refractivity contribution in [2.45, 2.75) is 39.0 Å². The zero-order chi connectivity index (χ0) is 9.82. The minimum Gasteiger partial charge on any atom is -0.396 e. The van der Waals surface area contributed by atoms with Gasteiger partial charge in [-0.25, -0.2) is 0 Å². The van der Waals surface area contributed by atoms with Crippen LogP contribution in [0.2, 0.25) is 0 Å². The molecule has 0 spiro atoms. The monoisotopic (exact) mass is 175 g/mol. The summed E-state index contributed by atoms with van der Waals surface area (Å²) in [5.74, 6) is 0. The fourth-order valence-electron chi connectivity index (χ4n) is 0.715. The minimum atomic E-state index is 0.365. The van der Waals surface area contributed by atoms with E-state index in [1.807, 2.05) is 26.0 Å². The van der Waals surface area contributed by atoms with Crippen LogP contribution in [0.1, 0.15) is 39.0 Å². The fourth-order valence-corrected chi connectivity index (χ4v) is 0.715. The summed E-state index contributed by atoms with van der Waals surface area (Å²) >= 11 is 0. The first-order valence-electron chi connectivity index (χ1n) is 4.86. The lowest BCUT2D eigenvalue weighted by atomic mass is 10.2. The van der Waals surface area contributed by atoms with Crippen LogP contribution in [0.5, 0.6) is 0 Å². The van der Waals surface area contributed by atoms with E-state index in [4.69, 9.17) is 5.11 Å². The fraction of sp³-hybridized carbons (Fsp3) is 1.00. The second-order valence-corrected chi connectivity index (χ2v) is 3.48. The van der Waals surface area contributed by atoms with Crippen LogP contribution in [-0.2, 0) is 0 Å². The number of hydrogen-bond donors (Lipinski definition) is 1. The predicted octanol–water partition coefficient (Wildman–Crippen LogP) is 2.13. The highest BCUT2D eigenvalue weighted by molar-refractivity contribution is 4.39. The van der Waals surface area contributed by atoms with Crippen molar-refractivity contribution < 1.29 is 5.11 Å². The summed E-state index contributed by atoms with van der Waals surface area (Å²) in [5, 5.41) is 8.37. The third-order valence-electron chi connectivity index (χ3n) is 1.26. The Kier molecular flexibility index (Phi) is 16.3. The molecule has 0 heterocycles. The van der Waals surface area contributed by atoms with Gasteiger partial charge < -0.3 is 10.0 Å². The highest BCUT2D eigenvalue weighted by Crippen LogP contribution is 2.00.